The number of nitrogens with one attached hydrogen (secondary N) is 1. The van der Waals surface area contributed by atoms with Crippen LogP contribution >= 0.6 is 0 Å². The fourth-order valence-electron chi connectivity index (χ4n) is 1.47. The highest BCUT2D eigenvalue weighted by Crippen LogP contribution is 2.24. The van der Waals surface area contributed by atoms with Crippen molar-refractivity contribution in [3.63, 3.8) is 0 Å². The van der Waals surface area contributed by atoms with E-state index in [1.54, 1.807) is 20.8 Å². The van der Waals surface area contributed by atoms with Crippen LogP contribution in [0.5, 0.6) is 0 Å². The van der Waals surface area contributed by atoms with Crippen molar-refractivity contribution in [1.29, 1.82) is 0 Å². The molecule has 1 heterocycles. The summed E-state index contributed by atoms with van der Waals surface area (Å²) in [5.41, 5.74) is -0.757. The molecule has 1 atom stereocenters. The first kappa shape index (κ1) is 16.5. The lowest BCUT2D eigenvalue weighted by atomic mass is 10.1. The molecule has 1 aromatic rings. The number of amides is 1. The zero-order valence-corrected chi connectivity index (χ0v) is 11.8. The average molecular weight is 300 g/mol. The third-order valence-corrected chi connectivity index (χ3v) is 2.21. The molecular weight excluding hydrogens is 284 g/mol. The van der Waals surface area contributed by atoms with E-state index in [4.69, 9.17) is 14.3 Å². The zero-order chi connectivity index (χ0) is 16.2. The van der Waals surface area contributed by atoms with Gasteiger partial charge in [0.1, 0.15) is 22.3 Å². The molecule has 1 rings (SSSR count). The predicted molar refractivity (Wildman–Crippen MR) is 69.7 cm³/mol. The summed E-state index contributed by atoms with van der Waals surface area (Å²) < 4.78 is 9.91. The van der Waals surface area contributed by atoms with E-state index in [9.17, 15) is 19.7 Å². The van der Waals surface area contributed by atoms with E-state index in [0.29, 0.717) is 0 Å². The molecule has 9 nitrogen and oxygen atoms in total. The molecule has 0 fully saturated rings. The number of furan rings is 1. The molecule has 0 radical (unpaired) electrons. The number of hydrogen-bond donors (Lipinski definition) is 2. The number of nitrogens with zero attached hydrogens (tertiary/aromatic N) is 1. The number of rotatable bonds is 5. The predicted octanol–water partition coefficient (Wildman–Crippen LogP) is 2.23. The Morgan fingerprint density at radius 3 is 2.52 bits per heavy atom. The molecule has 1 aromatic heterocycles. The van der Waals surface area contributed by atoms with E-state index in [-0.39, 0.29) is 5.76 Å². The highest BCUT2D eigenvalue weighted by Gasteiger charge is 2.26. The van der Waals surface area contributed by atoms with Crippen molar-refractivity contribution < 1.29 is 28.8 Å². The number of carbonyl (C=O) groups excluding carboxylic acids is 1. The number of carboxylic acids is 1. The molecule has 0 saturated heterocycles. The third-order valence-electron chi connectivity index (χ3n) is 2.21. The molecule has 9 heteroatoms. The fraction of sp³-hybridized carbons (Fsp3) is 0.500. The number of alkyl carbamates (subject to hydrolysis) is 1. The normalized spacial score (nSPS) is 12.5. The Morgan fingerprint density at radius 2 is 2.10 bits per heavy atom. The molecular formula is C12H16N2O7. The van der Waals surface area contributed by atoms with Crippen molar-refractivity contribution in [3.8, 4) is 0 Å². The van der Waals surface area contributed by atoms with Crippen LogP contribution in [-0.2, 0) is 9.53 Å². The van der Waals surface area contributed by atoms with E-state index in [1.807, 2.05) is 0 Å². The minimum absolute atomic E-state index is 0.0324. The Balaban J connectivity index is 2.87. The molecule has 116 valence electrons. The van der Waals surface area contributed by atoms with Crippen LogP contribution in [0.2, 0.25) is 0 Å². The Hall–Kier alpha value is -2.58. The number of nitro groups is 1. The van der Waals surface area contributed by atoms with Gasteiger partial charge in [-0.05, 0) is 26.8 Å². The number of hydrogen-bond acceptors (Lipinski definition) is 6. The minimum atomic E-state index is -1.20. The van der Waals surface area contributed by atoms with Crippen molar-refractivity contribution in [2.24, 2.45) is 0 Å². The van der Waals surface area contributed by atoms with E-state index >= 15 is 0 Å². The second-order valence-corrected chi connectivity index (χ2v) is 5.23. The summed E-state index contributed by atoms with van der Waals surface area (Å²) in [6, 6.07) is 1.26. The second kappa shape index (κ2) is 6.25. The fourth-order valence-corrected chi connectivity index (χ4v) is 1.47. The Bertz CT molecular complexity index is 544. The molecule has 0 aliphatic rings. The van der Waals surface area contributed by atoms with Gasteiger partial charge in [0.05, 0.1) is 12.5 Å². The first-order valence-electron chi connectivity index (χ1n) is 6.04. The quantitative estimate of drug-likeness (QED) is 0.629. The molecule has 0 aliphatic heterocycles. The molecule has 0 spiro atoms. The number of aliphatic carboxylic acids is 1. The van der Waals surface area contributed by atoms with Crippen LogP contribution in [0, 0.1) is 10.1 Å². The second-order valence-electron chi connectivity index (χ2n) is 5.23. The zero-order valence-electron chi connectivity index (χ0n) is 11.8. The number of carboxylic acid groups (broad SMARTS) is 1. The molecule has 0 aromatic carbocycles. The van der Waals surface area contributed by atoms with Crippen LogP contribution in [-0.4, -0.2) is 27.7 Å². The van der Waals surface area contributed by atoms with Crippen LogP contribution in [0.25, 0.3) is 0 Å². The molecule has 21 heavy (non-hydrogen) atoms. The van der Waals surface area contributed by atoms with Crippen LogP contribution in [0.1, 0.15) is 39.0 Å². The van der Waals surface area contributed by atoms with Gasteiger partial charge in [0.2, 0.25) is 0 Å². The Morgan fingerprint density at radius 1 is 1.48 bits per heavy atom. The van der Waals surface area contributed by atoms with Crippen molar-refractivity contribution in [1.82, 2.24) is 5.32 Å². The van der Waals surface area contributed by atoms with Gasteiger partial charge in [0, 0.05) is 0 Å². The summed E-state index contributed by atoms with van der Waals surface area (Å²) in [5, 5.41) is 21.7. The first-order valence-corrected chi connectivity index (χ1v) is 6.04. The van der Waals surface area contributed by atoms with Crippen molar-refractivity contribution in [2.75, 3.05) is 0 Å². The van der Waals surface area contributed by atoms with Gasteiger partial charge in [0.25, 0.3) is 0 Å². The summed E-state index contributed by atoms with van der Waals surface area (Å²) >= 11 is 0. The van der Waals surface area contributed by atoms with Gasteiger partial charge in [-0.1, -0.05) is 0 Å². The van der Waals surface area contributed by atoms with Gasteiger partial charge in [-0.3, -0.25) is 14.9 Å². The lowest BCUT2D eigenvalue weighted by Crippen LogP contribution is -2.35. The monoisotopic (exact) mass is 300 g/mol. The topological polar surface area (TPSA) is 132 Å². The largest absolute Gasteiger partial charge is 0.481 e. The highest BCUT2D eigenvalue weighted by atomic mass is 16.6. The lowest BCUT2D eigenvalue weighted by Gasteiger charge is -2.22. The molecule has 1 amide bonds. The Kier molecular flexibility index (Phi) is 4.90. The van der Waals surface area contributed by atoms with E-state index in [2.05, 4.69) is 5.32 Å². The van der Waals surface area contributed by atoms with E-state index in [1.165, 1.54) is 6.07 Å². The summed E-state index contributed by atoms with van der Waals surface area (Å²) in [6.07, 6.45) is -1.34. The van der Waals surface area contributed by atoms with Crippen LogP contribution in [0.15, 0.2) is 16.5 Å². The SMILES string of the molecule is CC(C)(C)OC(=O)N[C@@H](CC(=O)O)c1ccc([N+](=O)[O-])o1. The van der Waals surface area contributed by atoms with E-state index < -0.39 is 40.9 Å². The smallest absolute Gasteiger partial charge is 0.433 e. The first-order chi connectivity index (χ1) is 9.58. The average Bonchev–Trinajstić information content (AvgIpc) is 2.73. The lowest BCUT2D eigenvalue weighted by molar-refractivity contribution is -0.402. The summed E-state index contributed by atoms with van der Waals surface area (Å²) in [7, 11) is 0. The maximum absolute atomic E-state index is 11.7. The number of carbonyl (C=O) groups is 2. The van der Waals surface area contributed by atoms with Gasteiger partial charge in [-0.2, -0.15) is 0 Å². The van der Waals surface area contributed by atoms with Crippen molar-refractivity contribution >= 4 is 17.9 Å². The summed E-state index contributed by atoms with van der Waals surface area (Å²) in [4.78, 5) is 32.3. The van der Waals surface area contributed by atoms with Gasteiger partial charge >= 0.3 is 17.9 Å². The highest BCUT2D eigenvalue weighted by molar-refractivity contribution is 5.72. The molecule has 2 N–H and O–H groups in total. The van der Waals surface area contributed by atoms with Gasteiger partial charge in [0.15, 0.2) is 0 Å². The molecule has 0 unspecified atom stereocenters. The molecule has 0 saturated carbocycles. The molecule has 0 aliphatic carbocycles. The Labute approximate surface area is 120 Å². The van der Waals surface area contributed by atoms with Crippen LogP contribution in [0.4, 0.5) is 10.7 Å². The van der Waals surface area contributed by atoms with Gasteiger partial charge in [-0.15, -0.1) is 0 Å². The summed E-state index contributed by atoms with van der Waals surface area (Å²) in [5.74, 6) is -1.77. The number of ether oxygens (including phenoxy) is 1. The third kappa shape index (κ3) is 5.51. The maximum atomic E-state index is 11.7. The van der Waals surface area contributed by atoms with E-state index in [0.717, 1.165) is 6.07 Å². The van der Waals surface area contributed by atoms with Crippen LogP contribution in [0.3, 0.4) is 0 Å². The maximum Gasteiger partial charge on any atom is 0.433 e. The standard InChI is InChI=1S/C12H16N2O7/c1-12(2,3)21-11(17)13-7(6-10(15)16)8-4-5-9(20-8)14(18)19/h4-5,7H,6H2,1-3H3,(H,13,17)(H,15,16)/t7-/m0/s1. The van der Waals surface area contributed by atoms with Crippen molar-refractivity contribution in [2.45, 2.75) is 38.8 Å². The summed E-state index contributed by atoms with van der Waals surface area (Å²) in [6.45, 7) is 4.95. The molecule has 0 bridgehead atoms. The van der Waals surface area contributed by atoms with Crippen LogP contribution < -0.4 is 5.32 Å². The minimum Gasteiger partial charge on any atom is -0.481 e. The van der Waals surface area contributed by atoms with Gasteiger partial charge < -0.3 is 19.6 Å². The van der Waals surface area contributed by atoms with Crippen molar-refractivity contribution in [3.05, 3.63) is 28.0 Å². The van der Waals surface area contributed by atoms with Gasteiger partial charge in [-0.25, -0.2) is 4.79 Å².